The molecule has 0 aliphatic rings. The molecule has 0 bridgehead atoms. The fraction of sp³-hybridized carbons (Fsp3) is 0.909. The summed E-state index contributed by atoms with van der Waals surface area (Å²) in [6.07, 6.45) is 3.96. The molecule has 0 atom stereocenters. The fourth-order valence-electron chi connectivity index (χ4n) is 1.17. The number of nitrogens with one attached hydrogen (secondary N) is 1. The molecule has 0 aromatic rings. The summed E-state index contributed by atoms with van der Waals surface area (Å²) >= 11 is 0. The fourth-order valence-corrected chi connectivity index (χ4v) is 1.17. The van der Waals surface area contributed by atoms with E-state index in [1.807, 2.05) is 13.8 Å². The molecule has 0 rings (SSSR count). The van der Waals surface area contributed by atoms with Gasteiger partial charge in [0, 0.05) is 13.0 Å². The molecule has 0 saturated carbocycles. The van der Waals surface area contributed by atoms with Crippen LogP contribution in [0.2, 0.25) is 0 Å². The van der Waals surface area contributed by atoms with E-state index in [9.17, 15) is 4.79 Å². The van der Waals surface area contributed by atoms with Crippen LogP contribution < -0.4 is 11.1 Å². The molecule has 0 aromatic heterocycles. The Bertz CT molecular complexity index is 167. The van der Waals surface area contributed by atoms with Gasteiger partial charge >= 0.3 is 0 Å². The molecule has 0 aliphatic heterocycles. The molecule has 3 heteroatoms. The standard InChI is InChI=1S/C11H24N2O/c1-4-5-6-7-13-10(14)8-11(2,3)9-12/h4-9,12H2,1-3H3,(H,13,14). The van der Waals surface area contributed by atoms with Gasteiger partial charge in [-0.15, -0.1) is 0 Å². The summed E-state index contributed by atoms with van der Waals surface area (Å²) in [6, 6.07) is 0. The minimum atomic E-state index is -0.0746. The molecule has 3 nitrogen and oxygen atoms in total. The van der Waals surface area contributed by atoms with Crippen molar-refractivity contribution < 1.29 is 4.79 Å². The Morgan fingerprint density at radius 3 is 2.50 bits per heavy atom. The van der Waals surface area contributed by atoms with Gasteiger partial charge in [0.2, 0.25) is 5.91 Å². The first kappa shape index (κ1) is 13.4. The molecular weight excluding hydrogens is 176 g/mol. The van der Waals surface area contributed by atoms with Gasteiger partial charge in [-0.1, -0.05) is 33.6 Å². The van der Waals surface area contributed by atoms with Crippen LogP contribution in [-0.4, -0.2) is 19.0 Å². The van der Waals surface area contributed by atoms with E-state index in [2.05, 4.69) is 12.2 Å². The van der Waals surface area contributed by atoms with E-state index >= 15 is 0 Å². The second-order valence-electron chi connectivity index (χ2n) is 4.60. The number of amides is 1. The number of hydrogen-bond donors (Lipinski definition) is 2. The minimum Gasteiger partial charge on any atom is -0.356 e. The lowest BCUT2D eigenvalue weighted by Gasteiger charge is -2.21. The molecule has 0 saturated heterocycles. The normalized spacial score (nSPS) is 11.4. The molecule has 3 N–H and O–H groups in total. The van der Waals surface area contributed by atoms with Gasteiger partial charge in [0.05, 0.1) is 0 Å². The summed E-state index contributed by atoms with van der Waals surface area (Å²) in [5, 5.41) is 2.91. The summed E-state index contributed by atoms with van der Waals surface area (Å²) in [4.78, 5) is 11.4. The van der Waals surface area contributed by atoms with Crippen LogP contribution in [0.4, 0.5) is 0 Å². The Balaban J connectivity index is 3.55. The molecule has 0 radical (unpaired) electrons. The zero-order valence-corrected chi connectivity index (χ0v) is 9.73. The highest BCUT2D eigenvalue weighted by Crippen LogP contribution is 2.17. The van der Waals surface area contributed by atoms with Crippen molar-refractivity contribution in [3.63, 3.8) is 0 Å². The van der Waals surface area contributed by atoms with Gasteiger partial charge in [-0.25, -0.2) is 0 Å². The first-order valence-corrected chi connectivity index (χ1v) is 5.48. The quantitative estimate of drug-likeness (QED) is 0.614. The van der Waals surface area contributed by atoms with Crippen LogP contribution >= 0.6 is 0 Å². The number of hydrogen-bond acceptors (Lipinski definition) is 2. The average Bonchev–Trinajstić information content (AvgIpc) is 2.12. The number of carbonyl (C=O) groups excluding carboxylic acids is 1. The molecule has 0 aromatic carbocycles. The molecule has 0 fully saturated rings. The molecule has 0 spiro atoms. The van der Waals surface area contributed by atoms with E-state index in [4.69, 9.17) is 5.73 Å². The molecular formula is C11H24N2O. The van der Waals surface area contributed by atoms with Crippen molar-refractivity contribution in [2.75, 3.05) is 13.1 Å². The monoisotopic (exact) mass is 200 g/mol. The number of nitrogens with two attached hydrogens (primary N) is 1. The second-order valence-corrected chi connectivity index (χ2v) is 4.60. The van der Waals surface area contributed by atoms with Gasteiger partial charge < -0.3 is 11.1 Å². The lowest BCUT2D eigenvalue weighted by atomic mass is 9.89. The van der Waals surface area contributed by atoms with Gasteiger partial charge in [0.25, 0.3) is 0 Å². The van der Waals surface area contributed by atoms with Crippen LogP contribution in [0.25, 0.3) is 0 Å². The largest absolute Gasteiger partial charge is 0.356 e. The zero-order valence-electron chi connectivity index (χ0n) is 9.73. The third-order valence-electron chi connectivity index (χ3n) is 2.29. The van der Waals surface area contributed by atoms with Gasteiger partial charge in [0.1, 0.15) is 0 Å². The summed E-state index contributed by atoms with van der Waals surface area (Å²) in [5.41, 5.74) is 5.48. The van der Waals surface area contributed by atoms with Crippen molar-refractivity contribution in [2.45, 2.75) is 46.5 Å². The van der Waals surface area contributed by atoms with E-state index < -0.39 is 0 Å². The highest BCUT2D eigenvalue weighted by Gasteiger charge is 2.19. The van der Waals surface area contributed by atoms with Gasteiger partial charge in [0.15, 0.2) is 0 Å². The highest BCUT2D eigenvalue weighted by molar-refractivity contribution is 5.76. The average molecular weight is 200 g/mol. The Hall–Kier alpha value is -0.570. The minimum absolute atomic E-state index is 0.0746. The van der Waals surface area contributed by atoms with Gasteiger partial charge in [-0.05, 0) is 18.4 Å². The number of rotatable bonds is 7. The van der Waals surface area contributed by atoms with E-state index in [-0.39, 0.29) is 11.3 Å². The van der Waals surface area contributed by atoms with Crippen LogP contribution in [0.1, 0.15) is 46.5 Å². The zero-order chi connectivity index (χ0) is 11.0. The van der Waals surface area contributed by atoms with Crippen molar-refractivity contribution in [2.24, 2.45) is 11.1 Å². The summed E-state index contributed by atoms with van der Waals surface area (Å²) < 4.78 is 0. The van der Waals surface area contributed by atoms with E-state index in [1.54, 1.807) is 0 Å². The van der Waals surface area contributed by atoms with Crippen LogP contribution in [0.3, 0.4) is 0 Å². The summed E-state index contributed by atoms with van der Waals surface area (Å²) in [5.74, 6) is 0.122. The smallest absolute Gasteiger partial charge is 0.220 e. The lowest BCUT2D eigenvalue weighted by molar-refractivity contribution is -0.122. The number of carbonyl (C=O) groups is 1. The highest BCUT2D eigenvalue weighted by atomic mass is 16.1. The maximum Gasteiger partial charge on any atom is 0.220 e. The van der Waals surface area contributed by atoms with Crippen LogP contribution in [0.5, 0.6) is 0 Å². The van der Waals surface area contributed by atoms with Crippen molar-refractivity contribution >= 4 is 5.91 Å². The summed E-state index contributed by atoms with van der Waals surface area (Å²) in [6.45, 7) is 7.53. The molecule has 84 valence electrons. The molecule has 14 heavy (non-hydrogen) atoms. The molecule has 0 heterocycles. The van der Waals surface area contributed by atoms with Crippen LogP contribution in [-0.2, 0) is 4.79 Å². The Morgan fingerprint density at radius 2 is 2.00 bits per heavy atom. The SMILES string of the molecule is CCCCCNC(=O)CC(C)(C)CN. The number of unbranched alkanes of at least 4 members (excludes halogenated alkanes) is 2. The van der Waals surface area contributed by atoms with Gasteiger partial charge in [-0.2, -0.15) is 0 Å². The third-order valence-corrected chi connectivity index (χ3v) is 2.29. The molecule has 0 unspecified atom stereocenters. The van der Waals surface area contributed by atoms with E-state index in [0.717, 1.165) is 13.0 Å². The van der Waals surface area contributed by atoms with Crippen molar-refractivity contribution in [1.29, 1.82) is 0 Å². The molecule has 1 amide bonds. The van der Waals surface area contributed by atoms with Gasteiger partial charge in [-0.3, -0.25) is 4.79 Å². The Morgan fingerprint density at radius 1 is 1.36 bits per heavy atom. The predicted molar refractivity (Wildman–Crippen MR) is 60.0 cm³/mol. The maximum absolute atomic E-state index is 11.4. The summed E-state index contributed by atoms with van der Waals surface area (Å²) in [7, 11) is 0. The third kappa shape index (κ3) is 6.89. The first-order valence-electron chi connectivity index (χ1n) is 5.48. The first-order chi connectivity index (χ1) is 6.52. The maximum atomic E-state index is 11.4. The second kappa shape index (κ2) is 6.82. The van der Waals surface area contributed by atoms with Crippen molar-refractivity contribution in [3.05, 3.63) is 0 Å². The van der Waals surface area contributed by atoms with Crippen LogP contribution in [0.15, 0.2) is 0 Å². The van der Waals surface area contributed by atoms with Crippen molar-refractivity contribution in [1.82, 2.24) is 5.32 Å². The molecule has 0 aliphatic carbocycles. The van der Waals surface area contributed by atoms with Crippen LogP contribution in [0, 0.1) is 5.41 Å². The Labute approximate surface area is 87.4 Å². The van der Waals surface area contributed by atoms with Crippen molar-refractivity contribution in [3.8, 4) is 0 Å². The topological polar surface area (TPSA) is 55.1 Å². The van der Waals surface area contributed by atoms with E-state index in [1.165, 1.54) is 12.8 Å². The Kier molecular flexibility index (Phi) is 6.54. The van der Waals surface area contributed by atoms with E-state index in [0.29, 0.717) is 13.0 Å². The predicted octanol–water partition coefficient (Wildman–Crippen LogP) is 1.67. The lowest BCUT2D eigenvalue weighted by Crippen LogP contribution is -2.33.